The Hall–Kier alpha value is -4.32. The molecule has 5 aromatic rings. The Balaban J connectivity index is 1.35. The molecule has 6 aliphatic rings. The van der Waals surface area contributed by atoms with Gasteiger partial charge in [-0.15, -0.1) is 5.54 Å². The second-order valence-electron chi connectivity index (χ2n) is 15.7. The molecule has 0 amide bonds. The summed E-state index contributed by atoms with van der Waals surface area (Å²) in [4.78, 5) is 0. The third-order valence-corrected chi connectivity index (χ3v) is 12.4. The van der Waals surface area contributed by atoms with E-state index in [-0.39, 0.29) is 23.7 Å². The van der Waals surface area contributed by atoms with Crippen molar-refractivity contribution in [2.75, 3.05) is 6.61 Å². The van der Waals surface area contributed by atoms with E-state index in [2.05, 4.69) is 135 Å². The third-order valence-electron chi connectivity index (χ3n) is 11.5. The fourth-order valence-electron chi connectivity index (χ4n) is 9.63. The lowest BCUT2D eigenvalue weighted by Gasteiger charge is -2.48. The number of benzene rings is 5. The molecule has 0 N–H and O–H groups in total. The quantitative estimate of drug-likeness (QED) is 0.0900. The predicted molar refractivity (Wildman–Crippen MR) is 205 cm³/mol. The fourth-order valence-corrected chi connectivity index (χ4v) is 10.1. The first-order valence-electron chi connectivity index (χ1n) is 18.7. The maximum atomic E-state index is 7.34. The van der Waals surface area contributed by atoms with Crippen LogP contribution in [0.4, 0.5) is 0 Å². The summed E-state index contributed by atoms with van der Waals surface area (Å²) in [6.45, 7) is 10.2. The van der Waals surface area contributed by atoms with E-state index in [0.717, 1.165) is 18.8 Å². The van der Waals surface area contributed by atoms with Crippen molar-refractivity contribution in [2.24, 2.45) is 0 Å². The lowest BCUT2D eigenvalue weighted by Crippen LogP contribution is -2.34. The van der Waals surface area contributed by atoms with E-state index >= 15 is 0 Å². The van der Waals surface area contributed by atoms with Gasteiger partial charge in [-0.3, -0.25) is 0 Å². The molecule has 0 saturated carbocycles. The lowest BCUT2D eigenvalue weighted by molar-refractivity contribution is 0.295. The van der Waals surface area contributed by atoms with E-state index in [1.165, 1.54) is 104 Å². The Bertz CT molecular complexity index is 1950. The molecule has 2 heteroatoms. The van der Waals surface area contributed by atoms with E-state index in [0.29, 0.717) is 0 Å². The summed E-state index contributed by atoms with van der Waals surface area (Å²) in [6.07, 6.45) is 7.52. The molecule has 5 aromatic carbocycles. The minimum atomic E-state index is -1.71. The standard InChI is InChI=1S/C47H46OSi/c1-5-6-7-8-9-18-28-48-47-45-41-34-23-14-10-19-30(34)39(31-20-11-15-24-35(31)41)43(45)38(27-29-49(2,3)4)44-40-32-21-12-16-25-36(32)42(46(44)47)37-26-17-13-22-33(37)40/h10-17,19-26,39-42H,5-9,18,28H2,1-4H3. The van der Waals surface area contributed by atoms with Crippen LogP contribution in [0.15, 0.2) is 97.1 Å². The molecule has 0 spiro atoms. The molecular weight excluding hydrogens is 609 g/mol. The number of ether oxygens (including phenoxy) is 1. The summed E-state index contributed by atoms with van der Waals surface area (Å²) in [5.41, 5.74) is 22.4. The average Bonchev–Trinajstić information content (AvgIpc) is 3.12. The highest BCUT2D eigenvalue weighted by Crippen LogP contribution is 2.65. The molecule has 0 atom stereocenters. The van der Waals surface area contributed by atoms with E-state index in [1.54, 1.807) is 0 Å². The van der Waals surface area contributed by atoms with Crippen molar-refractivity contribution in [1.82, 2.24) is 0 Å². The molecule has 0 saturated heterocycles. The summed E-state index contributed by atoms with van der Waals surface area (Å²) < 4.78 is 7.34. The Kier molecular flexibility index (Phi) is 7.47. The topological polar surface area (TPSA) is 9.23 Å². The SMILES string of the molecule is CCCCCCCCOc1c2c(c(C#C[Si](C)(C)C)c3c1C1c4ccccc4C3c3ccccc31)C1c3ccccc3C2c2ccccc21. The van der Waals surface area contributed by atoms with Crippen molar-refractivity contribution < 1.29 is 4.74 Å². The smallest absolute Gasteiger partial charge is 0.129 e. The minimum absolute atomic E-state index is 0.135. The summed E-state index contributed by atoms with van der Waals surface area (Å²) in [6, 6.07) is 36.9. The van der Waals surface area contributed by atoms with Crippen molar-refractivity contribution in [3.8, 4) is 17.2 Å². The van der Waals surface area contributed by atoms with Crippen LogP contribution in [0, 0.1) is 11.5 Å². The minimum Gasteiger partial charge on any atom is -0.493 e. The highest BCUT2D eigenvalue weighted by molar-refractivity contribution is 6.83. The number of hydrogen-bond acceptors (Lipinski definition) is 1. The Morgan fingerprint density at radius 1 is 0.490 bits per heavy atom. The van der Waals surface area contributed by atoms with Crippen LogP contribution < -0.4 is 4.74 Å². The van der Waals surface area contributed by atoms with Gasteiger partial charge in [0.15, 0.2) is 0 Å². The van der Waals surface area contributed by atoms with Gasteiger partial charge in [-0.25, -0.2) is 0 Å². The van der Waals surface area contributed by atoms with Crippen molar-refractivity contribution in [2.45, 2.75) is 88.8 Å². The summed E-state index contributed by atoms with van der Waals surface area (Å²) in [5.74, 6) is 5.73. The first kappa shape index (κ1) is 30.7. The maximum Gasteiger partial charge on any atom is 0.129 e. The third kappa shape index (κ3) is 4.73. The van der Waals surface area contributed by atoms with Crippen LogP contribution in [0.2, 0.25) is 19.6 Å². The van der Waals surface area contributed by atoms with E-state index in [1.807, 2.05) is 0 Å². The van der Waals surface area contributed by atoms with Crippen LogP contribution in [0.25, 0.3) is 0 Å². The average molecular weight is 655 g/mol. The zero-order chi connectivity index (χ0) is 33.3. The van der Waals surface area contributed by atoms with Crippen LogP contribution >= 0.6 is 0 Å². The van der Waals surface area contributed by atoms with E-state index in [9.17, 15) is 0 Å². The monoisotopic (exact) mass is 654 g/mol. The summed E-state index contributed by atoms with van der Waals surface area (Å²) in [5, 5.41) is 0. The number of hydrogen-bond donors (Lipinski definition) is 0. The molecule has 6 aliphatic carbocycles. The normalized spacial score (nSPS) is 19.8. The first-order chi connectivity index (χ1) is 24.0. The zero-order valence-corrected chi connectivity index (χ0v) is 30.4. The summed E-state index contributed by atoms with van der Waals surface area (Å²) in [7, 11) is -1.71. The van der Waals surface area contributed by atoms with Gasteiger partial charge in [0.1, 0.15) is 13.8 Å². The maximum absolute atomic E-state index is 7.34. The molecule has 11 rings (SSSR count). The van der Waals surface area contributed by atoms with Gasteiger partial charge in [0.05, 0.1) is 6.61 Å². The molecule has 0 fully saturated rings. The van der Waals surface area contributed by atoms with Crippen LogP contribution in [-0.2, 0) is 0 Å². The second kappa shape index (κ2) is 11.9. The Morgan fingerprint density at radius 3 is 1.20 bits per heavy atom. The summed E-state index contributed by atoms with van der Waals surface area (Å²) >= 11 is 0. The van der Waals surface area contributed by atoms with Gasteiger partial charge in [-0.05, 0) is 62.1 Å². The van der Waals surface area contributed by atoms with Gasteiger partial charge in [0.25, 0.3) is 0 Å². The highest BCUT2D eigenvalue weighted by Gasteiger charge is 2.51. The Morgan fingerprint density at radius 2 is 0.837 bits per heavy atom. The number of unbranched alkanes of at least 4 members (excludes halogenated alkanes) is 5. The van der Waals surface area contributed by atoms with Crippen molar-refractivity contribution >= 4 is 8.07 Å². The van der Waals surface area contributed by atoms with Crippen LogP contribution in [0.3, 0.4) is 0 Å². The fraction of sp³-hybridized carbons (Fsp3) is 0.319. The largest absolute Gasteiger partial charge is 0.493 e. The van der Waals surface area contributed by atoms with Crippen LogP contribution in [-0.4, -0.2) is 14.7 Å². The van der Waals surface area contributed by atoms with Crippen molar-refractivity contribution in [3.05, 3.63) is 169 Å². The first-order valence-corrected chi connectivity index (χ1v) is 22.2. The highest BCUT2D eigenvalue weighted by atomic mass is 28.3. The van der Waals surface area contributed by atoms with Crippen LogP contribution in [0.5, 0.6) is 5.75 Å². The van der Waals surface area contributed by atoms with E-state index < -0.39 is 8.07 Å². The molecule has 0 radical (unpaired) electrons. The molecule has 49 heavy (non-hydrogen) atoms. The van der Waals surface area contributed by atoms with Gasteiger partial charge >= 0.3 is 0 Å². The van der Waals surface area contributed by atoms with Crippen LogP contribution in [0.1, 0.15) is 141 Å². The van der Waals surface area contributed by atoms with Gasteiger partial charge in [-0.2, -0.15) is 0 Å². The molecule has 244 valence electrons. The molecule has 0 aromatic heterocycles. The van der Waals surface area contributed by atoms with Gasteiger partial charge in [0, 0.05) is 40.4 Å². The molecule has 0 heterocycles. The predicted octanol–water partition coefficient (Wildman–Crippen LogP) is 11.6. The molecule has 1 nitrogen and oxygen atoms in total. The second-order valence-corrected chi connectivity index (χ2v) is 20.5. The molecule has 4 bridgehead atoms. The molecular formula is C47H46OSi. The lowest BCUT2D eigenvalue weighted by atomic mass is 9.54. The molecule has 0 aliphatic heterocycles. The Labute approximate surface area is 293 Å². The molecule has 0 unspecified atom stereocenters. The van der Waals surface area contributed by atoms with Gasteiger partial charge < -0.3 is 4.74 Å². The van der Waals surface area contributed by atoms with Gasteiger partial charge in [0.2, 0.25) is 0 Å². The van der Waals surface area contributed by atoms with Crippen molar-refractivity contribution in [3.63, 3.8) is 0 Å². The zero-order valence-electron chi connectivity index (χ0n) is 29.4. The van der Waals surface area contributed by atoms with Gasteiger partial charge in [-0.1, -0.05) is 162 Å². The van der Waals surface area contributed by atoms with E-state index in [4.69, 9.17) is 4.74 Å². The number of rotatable bonds is 8. The van der Waals surface area contributed by atoms with Crippen molar-refractivity contribution in [1.29, 1.82) is 0 Å².